The van der Waals surface area contributed by atoms with Crippen molar-refractivity contribution in [3.05, 3.63) is 63.6 Å². The normalized spacial score (nSPS) is 17.7. The average molecular weight is 446 g/mol. The summed E-state index contributed by atoms with van der Waals surface area (Å²) >= 11 is 11.9. The monoisotopic (exact) mass is 445 g/mol. The zero-order chi connectivity index (χ0) is 21.3. The van der Waals surface area contributed by atoms with Gasteiger partial charge in [-0.1, -0.05) is 29.3 Å². The molecule has 0 N–H and O–H groups in total. The van der Waals surface area contributed by atoms with Crippen LogP contribution >= 0.6 is 23.2 Å². The third-order valence-electron chi connectivity index (χ3n) is 5.64. The number of ketones is 1. The van der Waals surface area contributed by atoms with Gasteiger partial charge in [-0.05, 0) is 42.0 Å². The van der Waals surface area contributed by atoms with Crippen LogP contribution in [0.3, 0.4) is 0 Å². The predicted octanol–water partition coefficient (Wildman–Crippen LogP) is 5.04. The van der Waals surface area contributed by atoms with E-state index >= 15 is 0 Å². The summed E-state index contributed by atoms with van der Waals surface area (Å²) in [5.74, 6) is 1.19. The Kier molecular flexibility index (Phi) is 5.76. The summed E-state index contributed by atoms with van der Waals surface area (Å²) in [6.07, 6.45) is 4.78. The van der Waals surface area contributed by atoms with Crippen molar-refractivity contribution in [2.24, 2.45) is 0 Å². The zero-order valence-electron chi connectivity index (χ0n) is 16.5. The van der Waals surface area contributed by atoms with Crippen molar-refractivity contribution < 1.29 is 19.1 Å². The molecule has 1 saturated heterocycles. The quantitative estimate of drug-likeness (QED) is 0.620. The molecule has 0 aliphatic carbocycles. The lowest BCUT2D eigenvalue weighted by atomic mass is 9.82. The molecule has 0 radical (unpaired) electrons. The van der Waals surface area contributed by atoms with Gasteiger partial charge in [0.05, 0.1) is 29.1 Å². The number of methoxy groups -OCH3 is 1. The molecule has 2 aromatic rings. The van der Waals surface area contributed by atoms with Crippen LogP contribution in [0.2, 0.25) is 10.0 Å². The fourth-order valence-electron chi connectivity index (χ4n) is 3.90. The number of carbonyl (C=O) groups excluding carboxylic acids is 2. The standard InChI is InChI=1S/C23H21Cl2NO4/c1-29-16-4-6-21-17(13-16)20(27)14-23(30-21)8-10-26(11-9-23)22(28)7-3-15-2-5-18(24)19(25)12-15/h2-7,12-13H,8-11,14H2,1H3/b7-3+. The number of amides is 1. The lowest BCUT2D eigenvalue weighted by Crippen LogP contribution is -2.52. The number of nitrogens with zero attached hydrogens (tertiary/aromatic N) is 1. The number of hydrogen-bond acceptors (Lipinski definition) is 4. The van der Waals surface area contributed by atoms with E-state index in [0.29, 0.717) is 59.5 Å². The Hall–Kier alpha value is -2.50. The van der Waals surface area contributed by atoms with E-state index < -0.39 is 5.60 Å². The molecule has 0 atom stereocenters. The van der Waals surface area contributed by atoms with E-state index in [1.165, 1.54) is 6.08 Å². The van der Waals surface area contributed by atoms with E-state index in [-0.39, 0.29) is 11.7 Å². The van der Waals surface area contributed by atoms with Gasteiger partial charge in [-0.25, -0.2) is 0 Å². The van der Waals surface area contributed by atoms with Crippen LogP contribution in [0.5, 0.6) is 11.5 Å². The van der Waals surface area contributed by atoms with Gasteiger partial charge in [0, 0.05) is 32.0 Å². The zero-order valence-corrected chi connectivity index (χ0v) is 18.0. The lowest BCUT2D eigenvalue weighted by Gasteiger charge is -2.43. The molecule has 156 valence electrons. The van der Waals surface area contributed by atoms with Crippen LogP contribution < -0.4 is 9.47 Å². The van der Waals surface area contributed by atoms with Crippen molar-refractivity contribution in [1.29, 1.82) is 0 Å². The molecule has 1 spiro atoms. The van der Waals surface area contributed by atoms with Crippen LogP contribution in [0.25, 0.3) is 6.08 Å². The van der Waals surface area contributed by atoms with Crippen LogP contribution in [0.1, 0.15) is 35.2 Å². The van der Waals surface area contributed by atoms with Crippen molar-refractivity contribution in [2.75, 3.05) is 20.2 Å². The topological polar surface area (TPSA) is 55.8 Å². The molecule has 2 aromatic carbocycles. The van der Waals surface area contributed by atoms with Gasteiger partial charge in [0.25, 0.3) is 0 Å². The first-order valence-corrected chi connectivity index (χ1v) is 10.5. The fraction of sp³-hybridized carbons (Fsp3) is 0.304. The van der Waals surface area contributed by atoms with E-state index in [9.17, 15) is 9.59 Å². The van der Waals surface area contributed by atoms with E-state index in [0.717, 1.165) is 5.56 Å². The summed E-state index contributed by atoms with van der Waals surface area (Å²) in [5, 5.41) is 0.923. The minimum Gasteiger partial charge on any atom is -0.497 e. The number of benzene rings is 2. The predicted molar refractivity (Wildman–Crippen MR) is 117 cm³/mol. The lowest BCUT2D eigenvalue weighted by molar-refractivity contribution is -0.129. The molecule has 2 aliphatic rings. The molecular formula is C23H21Cl2NO4. The number of hydrogen-bond donors (Lipinski definition) is 0. The van der Waals surface area contributed by atoms with Crippen LogP contribution in [0.15, 0.2) is 42.5 Å². The van der Waals surface area contributed by atoms with Crippen molar-refractivity contribution in [1.82, 2.24) is 4.90 Å². The van der Waals surface area contributed by atoms with Gasteiger partial charge in [-0.15, -0.1) is 0 Å². The second-order valence-electron chi connectivity index (χ2n) is 7.58. The smallest absolute Gasteiger partial charge is 0.246 e. The van der Waals surface area contributed by atoms with Gasteiger partial charge in [0.15, 0.2) is 5.78 Å². The molecule has 2 heterocycles. The summed E-state index contributed by atoms with van der Waals surface area (Å²) in [6, 6.07) is 10.5. The molecular weight excluding hydrogens is 425 g/mol. The molecule has 0 bridgehead atoms. The Morgan fingerprint density at radius 3 is 2.60 bits per heavy atom. The Morgan fingerprint density at radius 2 is 1.90 bits per heavy atom. The van der Waals surface area contributed by atoms with Gasteiger partial charge >= 0.3 is 0 Å². The summed E-state index contributed by atoms with van der Waals surface area (Å²) in [5.41, 5.74) is 0.811. The van der Waals surface area contributed by atoms with Gasteiger partial charge in [-0.3, -0.25) is 9.59 Å². The largest absolute Gasteiger partial charge is 0.497 e. The molecule has 0 saturated carbocycles. The highest BCUT2D eigenvalue weighted by Gasteiger charge is 2.43. The molecule has 30 heavy (non-hydrogen) atoms. The first-order valence-electron chi connectivity index (χ1n) is 9.71. The van der Waals surface area contributed by atoms with Crippen LogP contribution in [0, 0.1) is 0 Å². The maximum Gasteiger partial charge on any atom is 0.246 e. The molecule has 4 rings (SSSR count). The second kappa shape index (κ2) is 8.32. The van der Waals surface area contributed by atoms with Crippen molar-refractivity contribution in [3.8, 4) is 11.5 Å². The number of likely N-dealkylation sites (tertiary alicyclic amines) is 1. The van der Waals surface area contributed by atoms with Crippen LogP contribution in [-0.2, 0) is 4.79 Å². The fourth-order valence-corrected chi connectivity index (χ4v) is 4.21. The van der Waals surface area contributed by atoms with Crippen LogP contribution in [-0.4, -0.2) is 42.4 Å². The highest BCUT2D eigenvalue weighted by molar-refractivity contribution is 6.42. The molecule has 7 heteroatoms. The molecule has 0 aromatic heterocycles. The van der Waals surface area contributed by atoms with Gasteiger partial charge < -0.3 is 14.4 Å². The average Bonchev–Trinajstić information content (AvgIpc) is 2.74. The molecule has 5 nitrogen and oxygen atoms in total. The molecule has 1 amide bonds. The summed E-state index contributed by atoms with van der Waals surface area (Å²) in [4.78, 5) is 27.1. The van der Waals surface area contributed by atoms with E-state index in [2.05, 4.69) is 0 Å². The van der Waals surface area contributed by atoms with Crippen LogP contribution in [0.4, 0.5) is 0 Å². The molecule has 2 aliphatic heterocycles. The third kappa shape index (κ3) is 4.18. The molecule has 0 unspecified atom stereocenters. The minimum atomic E-state index is -0.553. The Morgan fingerprint density at radius 1 is 1.13 bits per heavy atom. The first kappa shape index (κ1) is 20.8. The number of ether oxygens (including phenoxy) is 2. The first-order chi connectivity index (χ1) is 14.4. The van der Waals surface area contributed by atoms with E-state index in [1.807, 2.05) is 0 Å². The number of Topliss-reactive ketones (excluding diaryl/α,β-unsaturated/α-hetero) is 1. The highest BCUT2D eigenvalue weighted by atomic mass is 35.5. The number of rotatable bonds is 3. The Bertz CT molecular complexity index is 1030. The van der Waals surface area contributed by atoms with Crippen molar-refractivity contribution >= 4 is 41.0 Å². The summed E-state index contributed by atoms with van der Waals surface area (Å²) in [6.45, 7) is 1.06. The number of piperidine rings is 1. The highest BCUT2D eigenvalue weighted by Crippen LogP contribution is 2.40. The van der Waals surface area contributed by atoms with Gasteiger partial charge in [0.2, 0.25) is 5.91 Å². The van der Waals surface area contributed by atoms with Crippen molar-refractivity contribution in [2.45, 2.75) is 24.9 Å². The maximum atomic E-state index is 12.7. The Labute approximate surface area is 185 Å². The second-order valence-corrected chi connectivity index (χ2v) is 8.39. The third-order valence-corrected chi connectivity index (χ3v) is 6.38. The number of carbonyl (C=O) groups is 2. The maximum absolute atomic E-state index is 12.7. The van der Waals surface area contributed by atoms with E-state index in [4.69, 9.17) is 32.7 Å². The number of fused-ring (bicyclic) bond motifs is 1. The summed E-state index contributed by atoms with van der Waals surface area (Å²) < 4.78 is 11.5. The Balaban J connectivity index is 1.40. The summed E-state index contributed by atoms with van der Waals surface area (Å²) in [7, 11) is 1.57. The molecule has 1 fully saturated rings. The van der Waals surface area contributed by atoms with Crippen molar-refractivity contribution in [3.63, 3.8) is 0 Å². The van der Waals surface area contributed by atoms with Gasteiger partial charge in [0.1, 0.15) is 17.1 Å². The SMILES string of the molecule is COc1ccc2c(c1)C(=O)CC1(CCN(C(=O)/C=C/c3ccc(Cl)c(Cl)c3)CC1)O2. The van der Waals surface area contributed by atoms with E-state index in [1.54, 1.807) is 54.5 Å². The minimum absolute atomic E-state index is 0.0504. The van der Waals surface area contributed by atoms with Gasteiger partial charge in [-0.2, -0.15) is 0 Å². The number of halogens is 2.